The van der Waals surface area contributed by atoms with E-state index in [4.69, 9.17) is 6.57 Å². The molecule has 1 aromatic heterocycles. The summed E-state index contributed by atoms with van der Waals surface area (Å²) in [5.41, 5.74) is 1.34. The molecule has 13 heavy (non-hydrogen) atoms. The van der Waals surface area contributed by atoms with Crippen molar-refractivity contribution in [2.24, 2.45) is 0 Å². The van der Waals surface area contributed by atoms with Crippen molar-refractivity contribution in [3.63, 3.8) is 0 Å². The van der Waals surface area contributed by atoms with Gasteiger partial charge in [-0.15, -0.1) is 0 Å². The number of hydrogen-bond donors (Lipinski definition) is 1. The van der Waals surface area contributed by atoms with Crippen LogP contribution >= 0.6 is 12.6 Å². The average molecular weight is 186 g/mol. The van der Waals surface area contributed by atoms with Crippen molar-refractivity contribution < 1.29 is 0 Å². The highest BCUT2D eigenvalue weighted by molar-refractivity contribution is 7.80. The number of thiol groups is 1. The van der Waals surface area contributed by atoms with Crippen molar-refractivity contribution in [3.8, 4) is 0 Å². The molecule has 1 heterocycles. The molecular formula is C10H6N2S. The minimum Gasteiger partial charge on any atom is -0.256 e. The van der Waals surface area contributed by atoms with Gasteiger partial charge in [0.1, 0.15) is 0 Å². The molecule has 0 saturated carbocycles. The van der Waals surface area contributed by atoms with E-state index in [-0.39, 0.29) is 0 Å². The average Bonchev–Trinajstić information content (AvgIpc) is 2.19. The molecule has 0 amide bonds. The van der Waals surface area contributed by atoms with Gasteiger partial charge in [-0.3, -0.25) is 4.98 Å². The molecule has 1 aromatic carbocycles. The summed E-state index contributed by atoms with van der Waals surface area (Å²) >= 11 is 4.27. The van der Waals surface area contributed by atoms with Crippen molar-refractivity contribution in [1.82, 2.24) is 4.98 Å². The van der Waals surface area contributed by atoms with Gasteiger partial charge in [0.15, 0.2) is 0 Å². The number of pyridine rings is 1. The van der Waals surface area contributed by atoms with Gasteiger partial charge >= 0.3 is 0 Å². The van der Waals surface area contributed by atoms with E-state index in [1.165, 1.54) is 0 Å². The smallest absolute Gasteiger partial charge is 0.202 e. The van der Waals surface area contributed by atoms with E-state index in [0.29, 0.717) is 10.6 Å². The second-order valence-corrected chi connectivity index (χ2v) is 3.07. The van der Waals surface area contributed by atoms with Crippen molar-refractivity contribution in [3.05, 3.63) is 41.9 Å². The largest absolute Gasteiger partial charge is 0.256 e. The van der Waals surface area contributed by atoms with Gasteiger partial charge in [0.05, 0.1) is 12.1 Å². The lowest BCUT2D eigenvalue weighted by Crippen LogP contribution is -1.79. The second-order valence-electron chi connectivity index (χ2n) is 2.62. The molecule has 0 aliphatic heterocycles. The van der Waals surface area contributed by atoms with Crippen LogP contribution in [0.5, 0.6) is 0 Å². The first-order valence-corrected chi connectivity index (χ1v) is 4.22. The van der Waals surface area contributed by atoms with E-state index >= 15 is 0 Å². The Bertz CT molecular complexity index is 500. The fraction of sp³-hybridized carbons (Fsp3) is 0. The van der Waals surface area contributed by atoms with Crippen molar-refractivity contribution in [2.45, 2.75) is 4.90 Å². The van der Waals surface area contributed by atoms with Crippen LogP contribution in [0.4, 0.5) is 5.69 Å². The predicted molar refractivity (Wildman–Crippen MR) is 55.3 cm³/mol. The minimum absolute atomic E-state index is 0.550. The van der Waals surface area contributed by atoms with E-state index in [2.05, 4.69) is 22.5 Å². The summed E-state index contributed by atoms with van der Waals surface area (Å²) in [6.07, 6.45) is 1.70. The lowest BCUT2D eigenvalue weighted by molar-refractivity contribution is 1.36. The fourth-order valence-corrected chi connectivity index (χ4v) is 1.52. The molecule has 62 valence electrons. The van der Waals surface area contributed by atoms with E-state index in [1.807, 2.05) is 18.2 Å². The molecule has 3 heteroatoms. The Morgan fingerprint density at radius 2 is 2.15 bits per heavy atom. The summed E-state index contributed by atoms with van der Waals surface area (Å²) in [5, 5.41) is 1.01. The summed E-state index contributed by atoms with van der Waals surface area (Å²) in [7, 11) is 0. The number of nitrogens with zero attached hydrogens (tertiary/aromatic N) is 2. The maximum absolute atomic E-state index is 6.91. The molecule has 0 aliphatic carbocycles. The molecular weight excluding hydrogens is 180 g/mol. The normalized spacial score (nSPS) is 9.85. The number of fused-ring (bicyclic) bond motifs is 1. The van der Waals surface area contributed by atoms with Gasteiger partial charge < -0.3 is 0 Å². The third-order valence-electron chi connectivity index (χ3n) is 1.85. The monoisotopic (exact) mass is 186 g/mol. The molecule has 0 spiro atoms. The summed E-state index contributed by atoms with van der Waals surface area (Å²) < 4.78 is 0. The van der Waals surface area contributed by atoms with Gasteiger partial charge in [-0.2, -0.15) is 12.6 Å². The zero-order valence-electron chi connectivity index (χ0n) is 6.73. The van der Waals surface area contributed by atoms with Gasteiger partial charge in [-0.05, 0) is 11.5 Å². The third-order valence-corrected chi connectivity index (χ3v) is 2.29. The van der Waals surface area contributed by atoms with Crippen LogP contribution in [0.1, 0.15) is 0 Å². The highest BCUT2D eigenvalue weighted by Gasteiger charge is 2.03. The van der Waals surface area contributed by atoms with Crippen molar-refractivity contribution >= 4 is 29.2 Å². The van der Waals surface area contributed by atoms with Crippen LogP contribution in [-0.2, 0) is 0 Å². The highest BCUT2D eigenvalue weighted by Crippen LogP contribution is 2.29. The molecule has 0 saturated heterocycles. The van der Waals surface area contributed by atoms with Crippen LogP contribution in [0.15, 0.2) is 35.4 Å². The molecule has 0 N–H and O–H groups in total. The van der Waals surface area contributed by atoms with E-state index in [1.54, 1.807) is 12.3 Å². The standard InChI is InChI=1S/C10H6N2S/c1-11-8-5-4-7-3-2-6-12-9(7)10(8)13/h2-6,13H. The molecule has 0 aliphatic rings. The number of hydrogen-bond acceptors (Lipinski definition) is 2. The number of rotatable bonds is 0. The molecule has 2 rings (SSSR count). The lowest BCUT2D eigenvalue weighted by Gasteiger charge is -2.00. The first kappa shape index (κ1) is 8.09. The van der Waals surface area contributed by atoms with E-state index in [9.17, 15) is 0 Å². The summed E-state index contributed by atoms with van der Waals surface area (Å²) in [6, 6.07) is 7.47. The Balaban J connectivity index is 2.89. The summed E-state index contributed by atoms with van der Waals surface area (Å²) in [6.45, 7) is 6.91. The zero-order chi connectivity index (χ0) is 9.26. The number of benzene rings is 1. The first-order valence-electron chi connectivity index (χ1n) is 3.77. The maximum atomic E-state index is 6.91. The predicted octanol–water partition coefficient (Wildman–Crippen LogP) is 3.07. The summed E-state index contributed by atoms with van der Waals surface area (Å²) in [4.78, 5) is 8.18. The van der Waals surface area contributed by atoms with Crippen LogP contribution in [0.25, 0.3) is 15.7 Å². The Morgan fingerprint density at radius 1 is 1.31 bits per heavy atom. The van der Waals surface area contributed by atoms with Crippen LogP contribution in [0.3, 0.4) is 0 Å². The highest BCUT2D eigenvalue weighted by atomic mass is 32.1. The van der Waals surface area contributed by atoms with Gasteiger partial charge in [0.25, 0.3) is 0 Å². The summed E-state index contributed by atoms with van der Waals surface area (Å²) in [5.74, 6) is 0. The second kappa shape index (κ2) is 3.08. The quantitative estimate of drug-likeness (QED) is 0.494. The van der Waals surface area contributed by atoms with Gasteiger partial charge in [-0.25, -0.2) is 4.85 Å². The first-order chi connectivity index (χ1) is 6.33. The molecule has 0 atom stereocenters. The SMILES string of the molecule is [C-]#[N+]c1ccc2cccnc2c1S. The van der Waals surface area contributed by atoms with E-state index in [0.717, 1.165) is 10.9 Å². The molecule has 0 radical (unpaired) electrons. The fourth-order valence-electron chi connectivity index (χ4n) is 1.21. The Hall–Kier alpha value is -1.53. The Labute approximate surface area is 81.5 Å². The van der Waals surface area contributed by atoms with Gasteiger partial charge in [0.2, 0.25) is 5.69 Å². The molecule has 0 fully saturated rings. The van der Waals surface area contributed by atoms with Crippen molar-refractivity contribution in [2.75, 3.05) is 0 Å². The third kappa shape index (κ3) is 1.25. The number of aromatic nitrogens is 1. The molecule has 2 nitrogen and oxygen atoms in total. The topological polar surface area (TPSA) is 17.2 Å². The maximum Gasteiger partial charge on any atom is 0.202 e. The Kier molecular flexibility index (Phi) is 1.91. The van der Waals surface area contributed by atoms with Crippen LogP contribution in [-0.4, -0.2) is 4.98 Å². The molecule has 2 aromatic rings. The molecule has 0 unspecified atom stereocenters. The van der Waals surface area contributed by atoms with Crippen LogP contribution in [0, 0.1) is 6.57 Å². The van der Waals surface area contributed by atoms with Crippen LogP contribution < -0.4 is 0 Å². The van der Waals surface area contributed by atoms with Gasteiger partial charge in [0, 0.05) is 11.1 Å². The minimum atomic E-state index is 0.550. The van der Waals surface area contributed by atoms with E-state index < -0.39 is 0 Å². The van der Waals surface area contributed by atoms with Crippen molar-refractivity contribution in [1.29, 1.82) is 0 Å². The van der Waals surface area contributed by atoms with Gasteiger partial charge in [-0.1, -0.05) is 18.2 Å². The lowest BCUT2D eigenvalue weighted by atomic mass is 10.2. The van der Waals surface area contributed by atoms with Crippen LogP contribution in [0.2, 0.25) is 0 Å². The molecule has 0 bridgehead atoms. The Morgan fingerprint density at radius 3 is 2.92 bits per heavy atom. The zero-order valence-corrected chi connectivity index (χ0v) is 7.62.